The van der Waals surface area contributed by atoms with E-state index < -0.39 is 23.8 Å². The van der Waals surface area contributed by atoms with Gasteiger partial charge < -0.3 is 20.3 Å². The average molecular weight is 548 g/mol. The van der Waals surface area contributed by atoms with Gasteiger partial charge in [0.05, 0.1) is 12.1 Å². The van der Waals surface area contributed by atoms with Crippen LogP contribution in [-0.4, -0.2) is 34.3 Å². The minimum Gasteiger partial charge on any atom is -0.390 e. The van der Waals surface area contributed by atoms with Gasteiger partial charge in [-0.1, -0.05) is 50.6 Å². The molecule has 0 aliphatic heterocycles. The first-order valence-electron chi connectivity index (χ1n) is 14.1. The number of nitrogens with one attached hydrogen (secondary N) is 2. The molecule has 4 rings (SSSR count). The second kappa shape index (κ2) is 13.7. The van der Waals surface area contributed by atoms with Gasteiger partial charge in [-0.3, -0.25) is 4.79 Å². The number of unbranched alkanes of at least 4 members (excludes halogenated alkanes) is 1. The number of carbonyl (C=O) groups excluding carboxylic acids is 1. The minimum absolute atomic E-state index is 0.0722. The fraction of sp³-hybridized carbons (Fsp3) is 0.364. The Kier molecular flexibility index (Phi) is 10.1. The maximum Gasteiger partial charge on any atom is 0.251 e. The van der Waals surface area contributed by atoms with E-state index in [1.54, 1.807) is 6.07 Å². The Labute approximate surface area is 235 Å². The molecule has 1 aromatic heterocycles. The SMILES string of the molecule is CCCCn1cc(C)c2ccc(C(=O)N[C@@H](Cc3cc(F)cc(F)c3)[C@H](O)CNCc3cccc(CC)c3)cc21. The zero-order valence-corrected chi connectivity index (χ0v) is 23.5. The Balaban J connectivity index is 1.52. The summed E-state index contributed by atoms with van der Waals surface area (Å²) in [6.07, 6.45) is 4.22. The second-order valence-electron chi connectivity index (χ2n) is 10.5. The number of aliphatic hydroxyl groups excluding tert-OH is 1. The van der Waals surface area contributed by atoms with E-state index in [1.165, 1.54) is 17.7 Å². The van der Waals surface area contributed by atoms with Crippen molar-refractivity contribution in [2.24, 2.45) is 0 Å². The lowest BCUT2D eigenvalue weighted by Crippen LogP contribution is -2.48. The fourth-order valence-corrected chi connectivity index (χ4v) is 5.11. The summed E-state index contributed by atoms with van der Waals surface area (Å²) in [5.41, 5.74) is 5.28. The monoisotopic (exact) mass is 547 g/mol. The molecule has 0 saturated carbocycles. The average Bonchev–Trinajstić information content (AvgIpc) is 3.25. The highest BCUT2D eigenvalue weighted by Crippen LogP contribution is 2.23. The molecule has 1 amide bonds. The Hall–Kier alpha value is -3.55. The van der Waals surface area contributed by atoms with Crippen LogP contribution in [0.2, 0.25) is 0 Å². The van der Waals surface area contributed by atoms with Gasteiger partial charge in [0.1, 0.15) is 11.6 Å². The number of halogens is 2. The number of hydrogen-bond donors (Lipinski definition) is 3. The van der Waals surface area contributed by atoms with Crippen LogP contribution in [0.15, 0.2) is 66.9 Å². The first-order chi connectivity index (χ1) is 19.3. The number of fused-ring (bicyclic) bond motifs is 1. The number of amides is 1. The molecule has 0 aliphatic rings. The summed E-state index contributed by atoms with van der Waals surface area (Å²) in [5, 5.41) is 18.4. The molecule has 0 spiro atoms. The quantitative estimate of drug-likeness (QED) is 0.190. The highest BCUT2D eigenvalue weighted by Gasteiger charge is 2.23. The van der Waals surface area contributed by atoms with Crippen molar-refractivity contribution in [1.29, 1.82) is 0 Å². The summed E-state index contributed by atoms with van der Waals surface area (Å²) in [7, 11) is 0. The molecule has 7 heteroatoms. The van der Waals surface area contributed by atoms with Crippen LogP contribution >= 0.6 is 0 Å². The third-order valence-electron chi connectivity index (χ3n) is 7.34. The number of aryl methyl sites for hydroxylation is 3. The van der Waals surface area contributed by atoms with Crippen molar-refractivity contribution in [1.82, 2.24) is 15.2 Å². The Bertz CT molecular complexity index is 1430. The third kappa shape index (κ3) is 7.55. The van der Waals surface area contributed by atoms with E-state index >= 15 is 0 Å². The zero-order valence-electron chi connectivity index (χ0n) is 23.5. The van der Waals surface area contributed by atoms with Crippen molar-refractivity contribution >= 4 is 16.8 Å². The third-order valence-corrected chi connectivity index (χ3v) is 7.34. The van der Waals surface area contributed by atoms with Crippen LogP contribution in [0.25, 0.3) is 10.9 Å². The van der Waals surface area contributed by atoms with E-state index in [9.17, 15) is 18.7 Å². The normalized spacial score (nSPS) is 12.9. The molecule has 4 aromatic rings. The first kappa shape index (κ1) is 29.4. The topological polar surface area (TPSA) is 66.3 Å². The van der Waals surface area contributed by atoms with Crippen molar-refractivity contribution in [2.75, 3.05) is 6.54 Å². The smallest absolute Gasteiger partial charge is 0.251 e. The molecule has 212 valence electrons. The van der Waals surface area contributed by atoms with Crippen molar-refractivity contribution in [2.45, 2.75) is 71.7 Å². The number of rotatable bonds is 13. The van der Waals surface area contributed by atoms with E-state index in [0.717, 1.165) is 53.9 Å². The van der Waals surface area contributed by atoms with Crippen molar-refractivity contribution < 1.29 is 18.7 Å². The molecule has 0 unspecified atom stereocenters. The van der Waals surface area contributed by atoms with Crippen LogP contribution in [0.5, 0.6) is 0 Å². The highest BCUT2D eigenvalue weighted by atomic mass is 19.1. The van der Waals surface area contributed by atoms with Crippen LogP contribution in [0, 0.1) is 18.6 Å². The molecule has 40 heavy (non-hydrogen) atoms. The zero-order chi connectivity index (χ0) is 28.6. The summed E-state index contributed by atoms with van der Waals surface area (Å²) < 4.78 is 30.0. The van der Waals surface area contributed by atoms with E-state index in [0.29, 0.717) is 17.7 Å². The number of hydrogen-bond acceptors (Lipinski definition) is 3. The van der Waals surface area contributed by atoms with Crippen molar-refractivity contribution in [3.63, 3.8) is 0 Å². The maximum atomic E-state index is 13.9. The number of benzene rings is 3. The molecule has 0 radical (unpaired) electrons. The number of aliphatic hydroxyl groups is 1. The van der Waals surface area contributed by atoms with E-state index in [1.807, 2.05) is 24.3 Å². The van der Waals surface area contributed by atoms with Gasteiger partial charge in [-0.2, -0.15) is 0 Å². The molecule has 1 heterocycles. The molecule has 3 aromatic carbocycles. The molecule has 0 aliphatic carbocycles. The molecule has 2 atom stereocenters. The lowest BCUT2D eigenvalue weighted by atomic mass is 9.99. The predicted molar refractivity (Wildman–Crippen MR) is 156 cm³/mol. The van der Waals surface area contributed by atoms with Crippen LogP contribution in [0.3, 0.4) is 0 Å². The van der Waals surface area contributed by atoms with Gasteiger partial charge in [0.15, 0.2) is 0 Å². The molecule has 5 nitrogen and oxygen atoms in total. The summed E-state index contributed by atoms with van der Waals surface area (Å²) in [6.45, 7) is 7.90. The van der Waals surface area contributed by atoms with Gasteiger partial charge in [0, 0.05) is 48.4 Å². The lowest BCUT2D eigenvalue weighted by Gasteiger charge is -2.25. The summed E-state index contributed by atoms with van der Waals surface area (Å²) in [4.78, 5) is 13.4. The van der Waals surface area contributed by atoms with E-state index in [4.69, 9.17) is 0 Å². The van der Waals surface area contributed by atoms with Gasteiger partial charge in [0.25, 0.3) is 5.91 Å². The first-order valence-corrected chi connectivity index (χ1v) is 14.1. The number of nitrogens with zero attached hydrogens (tertiary/aromatic N) is 1. The van der Waals surface area contributed by atoms with E-state index in [2.05, 4.69) is 54.3 Å². The largest absolute Gasteiger partial charge is 0.390 e. The molecule has 0 bridgehead atoms. The van der Waals surface area contributed by atoms with Crippen molar-refractivity contribution in [3.8, 4) is 0 Å². The highest BCUT2D eigenvalue weighted by molar-refractivity contribution is 5.98. The van der Waals surface area contributed by atoms with E-state index in [-0.39, 0.29) is 18.9 Å². The van der Waals surface area contributed by atoms with Gasteiger partial charge in [-0.15, -0.1) is 0 Å². The summed E-state index contributed by atoms with van der Waals surface area (Å²) in [6, 6.07) is 16.3. The maximum absolute atomic E-state index is 13.9. The molecular formula is C33H39F2N3O2. The second-order valence-corrected chi connectivity index (χ2v) is 10.5. The van der Waals surface area contributed by atoms with Gasteiger partial charge >= 0.3 is 0 Å². The number of carbonyl (C=O) groups is 1. The fourth-order valence-electron chi connectivity index (χ4n) is 5.11. The minimum atomic E-state index is -0.996. The molecule has 0 saturated heterocycles. The van der Waals surface area contributed by atoms with Crippen LogP contribution in [0.1, 0.15) is 59.3 Å². The van der Waals surface area contributed by atoms with Crippen LogP contribution in [-0.2, 0) is 25.9 Å². The van der Waals surface area contributed by atoms with Crippen LogP contribution < -0.4 is 10.6 Å². The Morgan fingerprint density at radius 1 is 0.975 bits per heavy atom. The summed E-state index contributed by atoms with van der Waals surface area (Å²) >= 11 is 0. The lowest BCUT2D eigenvalue weighted by molar-refractivity contribution is 0.0830. The number of aromatic nitrogens is 1. The molecular weight excluding hydrogens is 508 g/mol. The standard InChI is InChI=1S/C33H39F2N3O2/c1-4-6-12-38-21-22(3)29-11-10-26(17-31(29)38)33(40)37-30(16-25-14-27(34)18-28(35)15-25)32(39)20-36-19-24-9-7-8-23(5-2)13-24/h7-11,13-15,17-18,21,30,32,36,39H,4-6,12,16,19-20H2,1-3H3,(H,37,40)/t30-,32+/m0/s1. The Morgan fingerprint density at radius 3 is 2.45 bits per heavy atom. The molecule has 0 fully saturated rings. The van der Waals surface area contributed by atoms with Gasteiger partial charge in [-0.25, -0.2) is 8.78 Å². The summed E-state index contributed by atoms with van der Waals surface area (Å²) in [5.74, 6) is -1.74. The Morgan fingerprint density at radius 2 is 1.73 bits per heavy atom. The molecule has 3 N–H and O–H groups in total. The van der Waals surface area contributed by atoms with Gasteiger partial charge in [0.2, 0.25) is 0 Å². The van der Waals surface area contributed by atoms with Crippen LogP contribution in [0.4, 0.5) is 8.78 Å². The van der Waals surface area contributed by atoms with Gasteiger partial charge in [-0.05, 0) is 72.7 Å². The van der Waals surface area contributed by atoms with Crippen molar-refractivity contribution in [3.05, 3.63) is 106 Å². The predicted octanol–water partition coefficient (Wildman–Crippen LogP) is 6.08.